The normalized spacial score (nSPS) is 10.7. The molecule has 0 aliphatic carbocycles. The molecule has 0 aliphatic heterocycles. The van der Waals surface area contributed by atoms with Gasteiger partial charge in [-0.15, -0.1) is 0 Å². The highest BCUT2D eigenvalue weighted by Crippen LogP contribution is 2.22. The Kier molecular flexibility index (Phi) is 3.98. The molecule has 6 heteroatoms. The van der Waals surface area contributed by atoms with E-state index in [9.17, 15) is 18.0 Å². The zero-order valence-corrected chi connectivity index (χ0v) is 9.39. The van der Waals surface area contributed by atoms with Crippen molar-refractivity contribution in [1.82, 2.24) is 0 Å². The van der Waals surface area contributed by atoms with E-state index in [4.69, 9.17) is 10.5 Å². The van der Waals surface area contributed by atoms with E-state index in [1.54, 1.807) is 13.8 Å². The third kappa shape index (κ3) is 2.89. The number of halogens is 3. The Morgan fingerprint density at radius 3 is 2.47 bits per heavy atom. The van der Waals surface area contributed by atoms with Crippen molar-refractivity contribution in [1.29, 1.82) is 0 Å². The first-order valence-electron chi connectivity index (χ1n) is 4.94. The van der Waals surface area contributed by atoms with Crippen molar-refractivity contribution >= 4 is 11.7 Å². The lowest BCUT2D eigenvalue weighted by Crippen LogP contribution is -2.14. The number of hydrogen-bond donors (Lipinski definition) is 1. The highest BCUT2D eigenvalue weighted by Gasteiger charge is 2.22. The van der Waals surface area contributed by atoms with Gasteiger partial charge in [0.15, 0.2) is 17.5 Å². The van der Waals surface area contributed by atoms with Crippen molar-refractivity contribution in [2.45, 2.75) is 13.8 Å². The van der Waals surface area contributed by atoms with Crippen molar-refractivity contribution in [3.05, 3.63) is 29.1 Å². The predicted molar refractivity (Wildman–Crippen MR) is 55.8 cm³/mol. The third-order valence-electron chi connectivity index (χ3n) is 1.96. The van der Waals surface area contributed by atoms with Crippen molar-refractivity contribution < 1.29 is 22.7 Å². The number of benzene rings is 1. The lowest BCUT2D eigenvalue weighted by atomic mass is 10.1. The van der Waals surface area contributed by atoms with E-state index in [2.05, 4.69) is 0 Å². The molecule has 17 heavy (non-hydrogen) atoms. The number of carbonyl (C=O) groups is 1. The summed E-state index contributed by atoms with van der Waals surface area (Å²) in [6.45, 7) is 3.61. The quantitative estimate of drug-likeness (QED) is 0.507. The molecule has 1 aromatic rings. The van der Waals surface area contributed by atoms with Crippen LogP contribution in [-0.2, 0) is 4.74 Å². The summed E-state index contributed by atoms with van der Waals surface area (Å²) in [7, 11) is 0. The second-order valence-electron chi connectivity index (χ2n) is 3.94. The van der Waals surface area contributed by atoms with Gasteiger partial charge in [-0.05, 0) is 12.0 Å². The number of ether oxygens (including phenoxy) is 1. The van der Waals surface area contributed by atoms with Crippen molar-refractivity contribution in [2.24, 2.45) is 5.92 Å². The van der Waals surface area contributed by atoms with Gasteiger partial charge >= 0.3 is 5.97 Å². The average Bonchev–Trinajstić information content (AvgIpc) is 2.28. The zero-order chi connectivity index (χ0) is 13.2. The third-order valence-corrected chi connectivity index (χ3v) is 1.96. The number of rotatable bonds is 3. The molecule has 0 amide bonds. The molecule has 0 aliphatic rings. The molecule has 2 N–H and O–H groups in total. The van der Waals surface area contributed by atoms with E-state index in [1.807, 2.05) is 0 Å². The molecule has 0 atom stereocenters. The van der Waals surface area contributed by atoms with Gasteiger partial charge in [-0.25, -0.2) is 18.0 Å². The molecule has 0 aromatic heterocycles. The molecule has 0 bridgehead atoms. The lowest BCUT2D eigenvalue weighted by Gasteiger charge is -2.09. The van der Waals surface area contributed by atoms with E-state index < -0.39 is 34.7 Å². The molecule has 0 spiro atoms. The Morgan fingerprint density at radius 1 is 1.35 bits per heavy atom. The molecule has 0 radical (unpaired) electrons. The zero-order valence-electron chi connectivity index (χ0n) is 9.39. The molecular formula is C11H12F3NO2. The van der Waals surface area contributed by atoms with Crippen LogP contribution in [0.15, 0.2) is 6.07 Å². The maximum atomic E-state index is 13.4. The van der Waals surface area contributed by atoms with Crippen LogP contribution in [0.5, 0.6) is 0 Å². The van der Waals surface area contributed by atoms with Crippen LogP contribution < -0.4 is 5.73 Å². The molecule has 0 saturated heterocycles. The topological polar surface area (TPSA) is 52.3 Å². The van der Waals surface area contributed by atoms with Gasteiger partial charge < -0.3 is 10.5 Å². The first-order valence-corrected chi connectivity index (χ1v) is 4.94. The minimum atomic E-state index is -1.51. The van der Waals surface area contributed by atoms with Crippen LogP contribution in [-0.4, -0.2) is 12.6 Å². The molecular weight excluding hydrogens is 235 g/mol. The van der Waals surface area contributed by atoms with Crippen LogP contribution in [0.4, 0.5) is 18.9 Å². The minimum Gasteiger partial charge on any atom is -0.462 e. The monoisotopic (exact) mass is 247 g/mol. The Labute approximate surface area is 96.4 Å². The van der Waals surface area contributed by atoms with E-state index in [1.165, 1.54) is 0 Å². The maximum Gasteiger partial charge on any atom is 0.341 e. The molecule has 3 nitrogen and oxygen atoms in total. The fraction of sp³-hybridized carbons (Fsp3) is 0.364. The van der Waals surface area contributed by atoms with Gasteiger partial charge in [0.05, 0.1) is 6.61 Å². The van der Waals surface area contributed by atoms with Crippen molar-refractivity contribution in [3.63, 3.8) is 0 Å². The van der Waals surface area contributed by atoms with Crippen LogP contribution in [0.2, 0.25) is 0 Å². The van der Waals surface area contributed by atoms with Crippen LogP contribution >= 0.6 is 0 Å². The Bertz CT molecular complexity index is 447. The van der Waals surface area contributed by atoms with Gasteiger partial charge in [-0.2, -0.15) is 0 Å². The number of anilines is 1. The number of hydrogen-bond acceptors (Lipinski definition) is 3. The van der Waals surface area contributed by atoms with Crippen molar-refractivity contribution in [3.8, 4) is 0 Å². The van der Waals surface area contributed by atoms with Gasteiger partial charge in [0.1, 0.15) is 11.3 Å². The van der Waals surface area contributed by atoms with E-state index >= 15 is 0 Å². The second-order valence-corrected chi connectivity index (χ2v) is 3.94. The summed E-state index contributed by atoms with van der Waals surface area (Å²) < 4.78 is 43.9. The Hall–Kier alpha value is -1.72. The first kappa shape index (κ1) is 13.3. The van der Waals surface area contributed by atoms with Gasteiger partial charge in [0.25, 0.3) is 0 Å². The Morgan fingerprint density at radius 2 is 1.94 bits per heavy atom. The summed E-state index contributed by atoms with van der Waals surface area (Å²) >= 11 is 0. The van der Waals surface area contributed by atoms with Gasteiger partial charge in [-0.1, -0.05) is 13.8 Å². The SMILES string of the molecule is CC(C)COC(=O)c1cc(F)c(F)c(N)c1F. The molecule has 0 heterocycles. The first-order chi connectivity index (χ1) is 7.84. The lowest BCUT2D eigenvalue weighted by molar-refractivity contribution is 0.0453. The van der Waals surface area contributed by atoms with Crippen molar-refractivity contribution in [2.75, 3.05) is 12.3 Å². The average molecular weight is 247 g/mol. The largest absolute Gasteiger partial charge is 0.462 e. The summed E-state index contributed by atoms with van der Waals surface area (Å²) in [6.07, 6.45) is 0. The standard InChI is InChI=1S/C11H12F3NO2/c1-5(2)4-17-11(16)6-3-7(12)9(14)10(15)8(6)13/h3,5H,4,15H2,1-2H3. The van der Waals surface area contributed by atoms with Crippen LogP contribution in [0.25, 0.3) is 0 Å². The minimum absolute atomic E-state index is 0.0460. The molecule has 0 unspecified atom stereocenters. The summed E-state index contributed by atoms with van der Waals surface area (Å²) in [5.74, 6) is -5.23. The van der Waals surface area contributed by atoms with E-state index in [0.717, 1.165) is 0 Å². The fourth-order valence-electron chi connectivity index (χ4n) is 1.09. The Balaban J connectivity index is 3.02. The molecule has 0 saturated carbocycles. The van der Waals surface area contributed by atoms with Gasteiger partial charge in [0, 0.05) is 0 Å². The molecule has 1 rings (SSSR count). The maximum absolute atomic E-state index is 13.4. The molecule has 0 fully saturated rings. The summed E-state index contributed by atoms with van der Waals surface area (Å²) in [5, 5.41) is 0. The summed E-state index contributed by atoms with van der Waals surface area (Å²) in [4.78, 5) is 11.4. The number of nitrogens with two attached hydrogens (primary N) is 1. The van der Waals surface area contributed by atoms with Crippen LogP contribution in [0.3, 0.4) is 0 Å². The fourth-order valence-corrected chi connectivity index (χ4v) is 1.09. The van der Waals surface area contributed by atoms with Crippen LogP contribution in [0, 0.1) is 23.4 Å². The molecule has 94 valence electrons. The highest BCUT2D eigenvalue weighted by atomic mass is 19.2. The summed E-state index contributed by atoms with van der Waals surface area (Å²) in [5.41, 5.74) is 3.25. The van der Waals surface area contributed by atoms with E-state index in [0.29, 0.717) is 6.07 Å². The second kappa shape index (κ2) is 5.07. The smallest absolute Gasteiger partial charge is 0.341 e. The van der Waals surface area contributed by atoms with E-state index in [-0.39, 0.29) is 12.5 Å². The number of nitrogen functional groups attached to an aromatic ring is 1. The van der Waals surface area contributed by atoms with Gasteiger partial charge in [-0.3, -0.25) is 0 Å². The highest BCUT2D eigenvalue weighted by molar-refractivity contribution is 5.91. The molecule has 1 aromatic carbocycles. The number of esters is 1. The van der Waals surface area contributed by atoms with Gasteiger partial charge in [0.2, 0.25) is 0 Å². The summed E-state index contributed by atoms with van der Waals surface area (Å²) in [6, 6.07) is 0.434. The van der Waals surface area contributed by atoms with Crippen LogP contribution in [0.1, 0.15) is 24.2 Å². The predicted octanol–water partition coefficient (Wildman–Crippen LogP) is 2.50. The number of carbonyl (C=O) groups excluding carboxylic acids is 1.